The minimum atomic E-state index is 0.177. The van der Waals surface area contributed by atoms with Crippen LogP contribution in [-0.4, -0.2) is 15.1 Å². The van der Waals surface area contributed by atoms with Gasteiger partial charge in [-0.2, -0.15) is 0 Å². The van der Waals surface area contributed by atoms with Crippen molar-refractivity contribution in [2.45, 2.75) is 0 Å². The van der Waals surface area contributed by atoms with Crippen molar-refractivity contribution in [3.05, 3.63) is 158 Å². The Bertz CT molecular complexity index is 2300. The first kappa shape index (κ1) is 26.4. The summed E-state index contributed by atoms with van der Waals surface area (Å²) < 4.78 is 6.45. The minimum Gasteiger partial charge on any atom is -0.507 e. The summed E-state index contributed by atoms with van der Waals surface area (Å²) in [4.78, 5) is 12.1. The SMILES string of the molecule is Oc1ccccc1-c1cc2c(oc3ccccc32)c(-c2cccc(N(c3ccccn3)c3ccccc3-c3ccccc3)c2)n1. The summed E-state index contributed by atoms with van der Waals surface area (Å²) in [5.41, 5.74) is 8.53. The average molecular weight is 582 g/mol. The molecule has 214 valence electrons. The third-order valence-electron chi connectivity index (χ3n) is 8.03. The monoisotopic (exact) mass is 581 g/mol. The van der Waals surface area contributed by atoms with E-state index in [1.807, 2.05) is 85.1 Å². The molecule has 8 aromatic rings. The van der Waals surface area contributed by atoms with Crippen molar-refractivity contribution < 1.29 is 9.52 Å². The molecule has 1 N–H and O–H groups in total. The molecule has 5 heteroatoms. The lowest BCUT2D eigenvalue weighted by Gasteiger charge is -2.27. The maximum atomic E-state index is 10.8. The van der Waals surface area contributed by atoms with Gasteiger partial charge in [0.2, 0.25) is 0 Å². The van der Waals surface area contributed by atoms with Crippen LogP contribution in [0.2, 0.25) is 0 Å². The zero-order valence-corrected chi connectivity index (χ0v) is 24.2. The van der Waals surface area contributed by atoms with Gasteiger partial charge in [0, 0.05) is 39.3 Å². The third kappa shape index (κ3) is 4.77. The Labute approximate surface area is 260 Å². The van der Waals surface area contributed by atoms with Crippen LogP contribution in [0, 0.1) is 0 Å². The number of rotatable bonds is 6. The van der Waals surface area contributed by atoms with Crippen LogP contribution in [0.1, 0.15) is 0 Å². The molecule has 8 rings (SSSR count). The Balaban J connectivity index is 1.36. The quantitative estimate of drug-likeness (QED) is 0.212. The van der Waals surface area contributed by atoms with E-state index in [1.165, 1.54) is 0 Å². The molecule has 0 spiro atoms. The van der Waals surface area contributed by atoms with Crippen LogP contribution in [0.15, 0.2) is 162 Å². The zero-order valence-electron chi connectivity index (χ0n) is 24.2. The standard InChI is InChI=1S/C40H27N3O2/c44-36-21-8-5-19-32(36)34-26-33-31-18-6-9-22-37(31)45-40(33)39(42-34)28-15-12-16-29(25-28)43(38-23-10-11-24-41-38)35-20-7-4-17-30(35)27-13-2-1-3-14-27/h1-26,44H. The lowest BCUT2D eigenvalue weighted by molar-refractivity contribution is 0.477. The number of aromatic hydroxyl groups is 1. The largest absolute Gasteiger partial charge is 0.507 e. The summed E-state index contributed by atoms with van der Waals surface area (Å²) >= 11 is 0. The summed E-state index contributed by atoms with van der Waals surface area (Å²) in [7, 11) is 0. The third-order valence-corrected chi connectivity index (χ3v) is 8.03. The van der Waals surface area contributed by atoms with Crippen molar-refractivity contribution in [2.24, 2.45) is 0 Å². The second-order valence-electron chi connectivity index (χ2n) is 10.8. The normalized spacial score (nSPS) is 11.2. The van der Waals surface area contributed by atoms with E-state index >= 15 is 0 Å². The lowest BCUT2D eigenvalue weighted by Crippen LogP contribution is -2.12. The molecule has 0 saturated carbocycles. The molecule has 0 fully saturated rings. The second-order valence-corrected chi connectivity index (χ2v) is 10.8. The molecule has 0 bridgehead atoms. The minimum absolute atomic E-state index is 0.177. The molecule has 0 radical (unpaired) electrons. The highest BCUT2D eigenvalue weighted by molar-refractivity contribution is 6.10. The molecule has 0 aliphatic carbocycles. The molecule has 0 amide bonds. The summed E-state index contributed by atoms with van der Waals surface area (Å²) in [6.45, 7) is 0. The molecule has 3 aromatic heterocycles. The molecule has 5 aromatic carbocycles. The number of furan rings is 1. The number of para-hydroxylation sites is 3. The van der Waals surface area contributed by atoms with E-state index < -0.39 is 0 Å². The summed E-state index contributed by atoms with van der Waals surface area (Å²) in [5, 5.41) is 12.7. The van der Waals surface area contributed by atoms with Crippen molar-refractivity contribution in [3.8, 4) is 39.4 Å². The van der Waals surface area contributed by atoms with Crippen LogP contribution < -0.4 is 4.90 Å². The van der Waals surface area contributed by atoms with Crippen LogP contribution in [0.3, 0.4) is 0 Å². The summed E-state index contributed by atoms with van der Waals surface area (Å²) in [5.74, 6) is 0.971. The van der Waals surface area contributed by atoms with Gasteiger partial charge >= 0.3 is 0 Å². The van der Waals surface area contributed by atoms with Gasteiger partial charge in [0.15, 0.2) is 5.58 Å². The fourth-order valence-corrected chi connectivity index (χ4v) is 5.95. The number of pyridine rings is 2. The molecule has 3 heterocycles. The number of phenolic OH excluding ortho intramolecular Hbond substituents is 1. The second kappa shape index (κ2) is 11.1. The van der Waals surface area contributed by atoms with E-state index in [-0.39, 0.29) is 5.75 Å². The predicted molar refractivity (Wildman–Crippen MR) is 182 cm³/mol. The highest BCUT2D eigenvalue weighted by atomic mass is 16.3. The van der Waals surface area contributed by atoms with Crippen LogP contribution >= 0.6 is 0 Å². The smallest absolute Gasteiger partial charge is 0.161 e. The first-order valence-electron chi connectivity index (χ1n) is 14.8. The van der Waals surface area contributed by atoms with Gasteiger partial charge in [0.25, 0.3) is 0 Å². The van der Waals surface area contributed by atoms with Gasteiger partial charge in [-0.05, 0) is 60.2 Å². The van der Waals surface area contributed by atoms with Crippen LogP contribution in [0.5, 0.6) is 5.75 Å². The van der Waals surface area contributed by atoms with E-state index in [2.05, 4.69) is 71.6 Å². The van der Waals surface area contributed by atoms with E-state index in [9.17, 15) is 5.11 Å². The molecule has 0 unspecified atom stereocenters. The highest BCUT2D eigenvalue weighted by Crippen LogP contribution is 2.43. The maximum Gasteiger partial charge on any atom is 0.161 e. The molecular formula is C40H27N3O2. The molecule has 0 aliphatic heterocycles. The molecule has 0 atom stereocenters. The van der Waals surface area contributed by atoms with E-state index in [1.54, 1.807) is 6.07 Å². The van der Waals surface area contributed by atoms with Gasteiger partial charge < -0.3 is 9.52 Å². The number of benzene rings is 5. The van der Waals surface area contributed by atoms with Gasteiger partial charge in [-0.1, -0.05) is 97.1 Å². The molecule has 45 heavy (non-hydrogen) atoms. The Hall–Kier alpha value is -6.20. The molecule has 0 saturated heterocycles. The number of hydrogen-bond acceptors (Lipinski definition) is 5. The van der Waals surface area contributed by atoms with Crippen molar-refractivity contribution in [1.82, 2.24) is 9.97 Å². The van der Waals surface area contributed by atoms with Crippen LogP contribution in [-0.2, 0) is 0 Å². The fraction of sp³-hybridized carbons (Fsp3) is 0. The van der Waals surface area contributed by atoms with Gasteiger partial charge in [0.1, 0.15) is 22.8 Å². The summed E-state index contributed by atoms with van der Waals surface area (Å²) in [6, 6.07) is 50.3. The van der Waals surface area contributed by atoms with Crippen molar-refractivity contribution in [3.63, 3.8) is 0 Å². The van der Waals surface area contributed by atoms with E-state index in [4.69, 9.17) is 14.4 Å². The van der Waals surface area contributed by atoms with Gasteiger partial charge in [0.05, 0.1) is 11.4 Å². The van der Waals surface area contributed by atoms with Crippen molar-refractivity contribution >= 4 is 39.1 Å². The zero-order chi connectivity index (χ0) is 30.2. The van der Waals surface area contributed by atoms with Crippen LogP contribution in [0.25, 0.3) is 55.6 Å². The first-order valence-corrected chi connectivity index (χ1v) is 14.8. The van der Waals surface area contributed by atoms with E-state index in [0.717, 1.165) is 50.2 Å². The summed E-state index contributed by atoms with van der Waals surface area (Å²) in [6.07, 6.45) is 1.81. The maximum absolute atomic E-state index is 10.8. The van der Waals surface area contributed by atoms with E-state index in [0.29, 0.717) is 22.5 Å². The lowest BCUT2D eigenvalue weighted by atomic mass is 10.0. The molecule has 5 nitrogen and oxygen atoms in total. The number of aromatic nitrogens is 2. The average Bonchev–Trinajstić information content (AvgIpc) is 3.48. The van der Waals surface area contributed by atoms with Gasteiger partial charge in [-0.15, -0.1) is 0 Å². The van der Waals surface area contributed by atoms with Crippen molar-refractivity contribution in [1.29, 1.82) is 0 Å². The predicted octanol–water partition coefficient (Wildman–Crippen LogP) is 10.6. The molecular weight excluding hydrogens is 554 g/mol. The Morgan fingerprint density at radius 1 is 0.578 bits per heavy atom. The first-order chi connectivity index (χ1) is 22.2. The number of hydrogen-bond donors (Lipinski definition) is 1. The number of anilines is 3. The molecule has 0 aliphatic rings. The van der Waals surface area contributed by atoms with Crippen molar-refractivity contribution in [2.75, 3.05) is 4.90 Å². The number of phenols is 1. The Morgan fingerprint density at radius 3 is 2.16 bits per heavy atom. The highest BCUT2D eigenvalue weighted by Gasteiger charge is 2.21. The fourth-order valence-electron chi connectivity index (χ4n) is 5.95. The number of fused-ring (bicyclic) bond motifs is 3. The van der Waals surface area contributed by atoms with Crippen LogP contribution in [0.4, 0.5) is 17.2 Å². The Morgan fingerprint density at radius 2 is 1.31 bits per heavy atom. The number of nitrogens with zero attached hydrogens (tertiary/aromatic N) is 3. The van der Waals surface area contributed by atoms with Gasteiger partial charge in [-0.3, -0.25) is 4.90 Å². The Kier molecular flexibility index (Phi) is 6.54. The topological polar surface area (TPSA) is 62.4 Å². The van der Waals surface area contributed by atoms with Gasteiger partial charge in [-0.25, -0.2) is 9.97 Å².